The van der Waals surface area contributed by atoms with Crippen molar-refractivity contribution in [1.82, 2.24) is 0 Å². The Morgan fingerprint density at radius 2 is 1.85 bits per heavy atom. The van der Waals surface area contributed by atoms with Crippen molar-refractivity contribution in [2.24, 2.45) is 0 Å². The summed E-state index contributed by atoms with van der Waals surface area (Å²) in [7, 11) is 0. The molecule has 13 heavy (non-hydrogen) atoms. The molecule has 0 saturated carbocycles. The lowest BCUT2D eigenvalue weighted by Crippen LogP contribution is -2.34. The Balaban J connectivity index is 0. The SMILES string of the molecule is CCOC(=O)C(OCC)C(=O)O.[MgH2]. The molecular weight excluding hydrogens is 188 g/mol. The first-order valence-corrected chi connectivity index (χ1v) is 3.64. The summed E-state index contributed by atoms with van der Waals surface area (Å²) in [5.41, 5.74) is 0. The van der Waals surface area contributed by atoms with E-state index in [1.54, 1.807) is 13.8 Å². The number of hydrogen-bond acceptors (Lipinski definition) is 4. The van der Waals surface area contributed by atoms with Crippen LogP contribution in [0.5, 0.6) is 0 Å². The van der Waals surface area contributed by atoms with Gasteiger partial charge in [-0.2, -0.15) is 0 Å². The summed E-state index contributed by atoms with van der Waals surface area (Å²) < 4.78 is 9.12. The fourth-order valence-corrected chi connectivity index (χ4v) is 0.625. The van der Waals surface area contributed by atoms with Crippen molar-refractivity contribution in [2.45, 2.75) is 20.0 Å². The number of hydrogen-bond donors (Lipinski definition) is 1. The molecule has 0 heterocycles. The zero-order valence-corrected chi connectivity index (χ0v) is 7.07. The molecule has 0 rings (SSSR count). The molecule has 0 radical (unpaired) electrons. The molecule has 1 atom stereocenters. The van der Waals surface area contributed by atoms with Gasteiger partial charge in [0.1, 0.15) is 0 Å². The zero-order valence-electron chi connectivity index (χ0n) is 7.07. The van der Waals surface area contributed by atoms with Gasteiger partial charge < -0.3 is 14.6 Å². The molecule has 0 aromatic carbocycles. The largest absolute Gasteiger partial charge is 0.479 e. The average molecular weight is 202 g/mol. The van der Waals surface area contributed by atoms with E-state index in [1.807, 2.05) is 0 Å². The maximum absolute atomic E-state index is 10.8. The second-order valence-corrected chi connectivity index (χ2v) is 1.93. The zero-order chi connectivity index (χ0) is 9.56. The summed E-state index contributed by atoms with van der Waals surface area (Å²) in [5, 5.41) is 8.48. The minimum Gasteiger partial charge on any atom is -0.479 e. The van der Waals surface area contributed by atoms with Crippen molar-refractivity contribution in [3.8, 4) is 0 Å². The maximum atomic E-state index is 10.8. The first-order valence-electron chi connectivity index (χ1n) is 3.64. The van der Waals surface area contributed by atoms with Gasteiger partial charge >= 0.3 is 35.0 Å². The van der Waals surface area contributed by atoms with E-state index in [2.05, 4.69) is 9.47 Å². The number of carboxylic acids is 1. The normalized spacial score (nSPS) is 11.2. The number of carbonyl (C=O) groups excluding carboxylic acids is 1. The Hall–Kier alpha value is -0.334. The number of rotatable bonds is 5. The van der Waals surface area contributed by atoms with Crippen molar-refractivity contribution in [1.29, 1.82) is 0 Å². The van der Waals surface area contributed by atoms with Gasteiger partial charge in [-0.15, -0.1) is 0 Å². The Morgan fingerprint density at radius 1 is 1.31 bits per heavy atom. The molecule has 0 aliphatic carbocycles. The number of ether oxygens (including phenoxy) is 2. The van der Waals surface area contributed by atoms with E-state index in [1.165, 1.54) is 0 Å². The first-order chi connectivity index (χ1) is 5.63. The molecular formula is C7H14MgO5. The van der Waals surface area contributed by atoms with E-state index < -0.39 is 18.0 Å². The van der Waals surface area contributed by atoms with E-state index in [0.29, 0.717) is 0 Å². The highest BCUT2D eigenvalue weighted by molar-refractivity contribution is 5.97. The van der Waals surface area contributed by atoms with E-state index in [4.69, 9.17) is 5.11 Å². The lowest BCUT2D eigenvalue weighted by molar-refractivity contribution is -0.169. The topological polar surface area (TPSA) is 72.8 Å². The Kier molecular flexibility index (Phi) is 9.64. The summed E-state index contributed by atoms with van der Waals surface area (Å²) in [6, 6.07) is 0. The third-order valence-corrected chi connectivity index (χ3v) is 1.06. The fraction of sp³-hybridized carbons (Fsp3) is 0.714. The van der Waals surface area contributed by atoms with Gasteiger partial charge in [-0.3, -0.25) is 0 Å². The molecule has 0 saturated heterocycles. The third kappa shape index (κ3) is 5.84. The van der Waals surface area contributed by atoms with E-state index in [-0.39, 0.29) is 36.3 Å². The van der Waals surface area contributed by atoms with Crippen LogP contribution in [-0.2, 0) is 19.1 Å². The van der Waals surface area contributed by atoms with E-state index >= 15 is 0 Å². The van der Waals surface area contributed by atoms with Crippen molar-refractivity contribution >= 4 is 35.0 Å². The quantitative estimate of drug-likeness (QED) is 0.356. The monoisotopic (exact) mass is 202 g/mol. The molecule has 74 valence electrons. The Morgan fingerprint density at radius 3 is 2.15 bits per heavy atom. The molecule has 1 unspecified atom stereocenters. The third-order valence-electron chi connectivity index (χ3n) is 1.06. The van der Waals surface area contributed by atoms with Gasteiger partial charge in [-0.1, -0.05) is 0 Å². The highest BCUT2D eigenvalue weighted by atomic mass is 24.3. The molecule has 0 aromatic heterocycles. The van der Waals surface area contributed by atoms with Crippen LogP contribution in [0.2, 0.25) is 0 Å². The van der Waals surface area contributed by atoms with Crippen LogP contribution in [0.3, 0.4) is 0 Å². The van der Waals surface area contributed by atoms with E-state index in [9.17, 15) is 9.59 Å². The summed E-state index contributed by atoms with van der Waals surface area (Å²) in [6.45, 7) is 3.52. The summed E-state index contributed by atoms with van der Waals surface area (Å²) in [4.78, 5) is 21.2. The molecule has 0 aliphatic heterocycles. The van der Waals surface area contributed by atoms with Gasteiger partial charge in [0.15, 0.2) is 0 Å². The lowest BCUT2D eigenvalue weighted by Gasteiger charge is -2.10. The Labute approximate surface area is 92.5 Å². The fourth-order valence-electron chi connectivity index (χ4n) is 0.625. The highest BCUT2D eigenvalue weighted by Gasteiger charge is 2.27. The van der Waals surface area contributed by atoms with Gasteiger partial charge in [0.2, 0.25) is 0 Å². The molecule has 0 aromatic rings. The van der Waals surface area contributed by atoms with Crippen LogP contribution >= 0.6 is 0 Å². The van der Waals surface area contributed by atoms with Crippen LogP contribution in [0.25, 0.3) is 0 Å². The summed E-state index contributed by atoms with van der Waals surface area (Å²) >= 11 is 0. The number of carbonyl (C=O) groups is 2. The molecule has 0 bridgehead atoms. The minimum atomic E-state index is -1.49. The molecule has 0 aliphatic rings. The van der Waals surface area contributed by atoms with Gasteiger partial charge in [0.25, 0.3) is 6.10 Å². The van der Waals surface area contributed by atoms with Crippen LogP contribution in [-0.4, -0.2) is 59.4 Å². The van der Waals surface area contributed by atoms with Crippen LogP contribution in [0.1, 0.15) is 13.8 Å². The first kappa shape index (κ1) is 15.2. The van der Waals surface area contributed by atoms with Crippen molar-refractivity contribution in [3.63, 3.8) is 0 Å². The average Bonchev–Trinajstić information content (AvgIpc) is 1.99. The van der Waals surface area contributed by atoms with Gasteiger partial charge in [-0.25, -0.2) is 9.59 Å². The standard InChI is InChI=1S/C7H12O5.Mg.2H/c1-3-11-5(6(8)9)7(10)12-4-2;;;/h5H,3-4H2,1-2H3,(H,8,9);;;. The van der Waals surface area contributed by atoms with E-state index in [0.717, 1.165) is 0 Å². The van der Waals surface area contributed by atoms with Gasteiger partial charge in [0.05, 0.1) is 6.61 Å². The van der Waals surface area contributed by atoms with Crippen LogP contribution in [0, 0.1) is 0 Å². The van der Waals surface area contributed by atoms with Crippen molar-refractivity contribution in [3.05, 3.63) is 0 Å². The molecule has 1 N–H and O–H groups in total. The van der Waals surface area contributed by atoms with Gasteiger partial charge in [-0.05, 0) is 13.8 Å². The second-order valence-electron chi connectivity index (χ2n) is 1.93. The summed E-state index contributed by atoms with van der Waals surface area (Å²) in [6.07, 6.45) is -1.49. The predicted octanol–water partition coefficient (Wildman–Crippen LogP) is -0.877. The molecule has 6 heteroatoms. The van der Waals surface area contributed by atoms with Crippen molar-refractivity contribution < 1.29 is 24.2 Å². The molecule has 0 spiro atoms. The van der Waals surface area contributed by atoms with Crippen molar-refractivity contribution in [2.75, 3.05) is 13.2 Å². The predicted molar refractivity (Wildman–Crippen MR) is 48.2 cm³/mol. The minimum absolute atomic E-state index is 0. The maximum Gasteiger partial charge on any atom is 0.347 e. The van der Waals surface area contributed by atoms with Gasteiger partial charge in [0, 0.05) is 6.61 Å². The molecule has 0 fully saturated rings. The lowest BCUT2D eigenvalue weighted by atomic mass is 10.3. The Bertz CT molecular complexity index is 170. The van der Waals surface area contributed by atoms with Crippen LogP contribution in [0.15, 0.2) is 0 Å². The second kappa shape index (κ2) is 8.27. The smallest absolute Gasteiger partial charge is 0.347 e. The molecule has 0 amide bonds. The number of esters is 1. The van der Waals surface area contributed by atoms with Crippen LogP contribution < -0.4 is 0 Å². The number of carboxylic acid groups (broad SMARTS) is 1. The molecule has 5 nitrogen and oxygen atoms in total. The van der Waals surface area contributed by atoms with Crippen LogP contribution in [0.4, 0.5) is 0 Å². The number of aliphatic carboxylic acids is 1. The highest BCUT2D eigenvalue weighted by Crippen LogP contribution is 1.96. The summed E-state index contributed by atoms with van der Waals surface area (Å²) in [5.74, 6) is -2.18.